The Bertz CT molecular complexity index is 990. The predicted octanol–water partition coefficient (Wildman–Crippen LogP) is 4.00. The lowest BCUT2D eigenvalue weighted by atomic mass is 10.1. The summed E-state index contributed by atoms with van der Waals surface area (Å²) >= 11 is 5.74. The summed E-state index contributed by atoms with van der Waals surface area (Å²) in [5, 5.41) is 21.5. The summed E-state index contributed by atoms with van der Waals surface area (Å²) in [6.07, 6.45) is 1.48. The number of halogens is 1. The second-order valence-electron chi connectivity index (χ2n) is 5.34. The summed E-state index contributed by atoms with van der Waals surface area (Å²) in [5.74, 6) is -0.873. The number of carbonyl (C=O) groups excluding carboxylic acids is 2. The minimum atomic E-state index is -0.626. The van der Waals surface area contributed by atoms with Crippen LogP contribution in [0.1, 0.15) is 25.7 Å². The highest BCUT2D eigenvalue weighted by Crippen LogP contribution is 2.33. The summed E-state index contributed by atoms with van der Waals surface area (Å²) in [6.45, 7) is 1.66. The smallest absolute Gasteiger partial charge is 0.267 e. The number of carbonyl (C=O) groups is 2. The first-order chi connectivity index (χ1) is 12.3. The Hall–Kier alpha value is -2.46. The van der Waals surface area contributed by atoms with Crippen LogP contribution in [-0.4, -0.2) is 30.8 Å². The van der Waals surface area contributed by atoms with E-state index in [0.717, 1.165) is 20.0 Å². The normalized spacial score (nSPS) is 10.8. The average molecular weight is 449 g/mol. The molecule has 0 aromatic carbocycles. The monoisotopic (exact) mass is 448 g/mol. The molecule has 0 unspecified atom stereocenters. The van der Waals surface area contributed by atoms with Gasteiger partial charge in [0, 0.05) is 19.0 Å². The molecule has 132 valence electrons. The Morgan fingerprint density at radius 1 is 1.27 bits per heavy atom. The quantitative estimate of drug-likeness (QED) is 0.564. The van der Waals surface area contributed by atoms with Crippen LogP contribution in [0.2, 0.25) is 0 Å². The first kappa shape index (κ1) is 19.9. The third kappa shape index (κ3) is 4.20. The average Bonchev–Trinajstić information content (AvgIpc) is 3.14. The van der Waals surface area contributed by atoms with Gasteiger partial charge in [0.05, 0.1) is 14.2 Å². The van der Waals surface area contributed by atoms with Crippen molar-refractivity contribution in [2.24, 2.45) is 0 Å². The second kappa shape index (κ2) is 8.28. The molecule has 0 fully saturated rings. The van der Waals surface area contributed by atoms with Crippen molar-refractivity contribution < 1.29 is 9.59 Å². The maximum Gasteiger partial charge on any atom is 0.267 e. The van der Waals surface area contributed by atoms with Gasteiger partial charge in [0.1, 0.15) is 22.7 Å². The van der Waals surface area contributed by atoms with Crippen molar-refractivity contribution in [1.82, 2.24) is 4.90 Å². The third-order valence-corrected chi connectivity index (χ3v) is 6.10. The van der Waals surface area contributed by atoms with Crippen molar-refractivity contribution >= 4 is 61.5 Å². The Balaban J connectivity index is 2.35. The van der Waals surface area contributed by atoms with E-state index in [2.05, 4.69) is 21.2 Å². The Kier molecular flexibility index (Phi) is 6.32. The zero-order chi connectivity index (χ0) is 19.4. The van der Waals surface area contributed by atoms with E-state index in [1.165, 1.54) is 22.3 Å². The van der Waals surface area contributed by atoms with Gasteiger partial charge in [-0.15, -0.1) is 22.7 Å². The van der Waals surface area contributed by atoms with Crippen molar-refractivity contribution in [2.75, 3.05) is 19.4 Å². The lowest BCUT2D eigenvalue weighted by Crippen LogP contribution is -2.21. The molecule has 2 aromatic heterocycles. The molecule has 2 rings (SSSR count). The minimum Gasteiger partial charge on any atom is -0.344 e. The molecule has 0 saturated heterocycles. The van der Waals surface area contributed by atoms with Crippen LogP contribution in [0, 0.1) is 29.6 Å². The Labute approximate surface area is 167 Å². The zero-order valence-electron chi connectivity index (χ0n) is 14.1. The van der Waals surface area contributed by atoms with Gasteiger partial charge in [0.2, 0.25) is 0 Å². The van der Waals surface area contributed by atoms with Gasteiger partial charge in [-0.25, -0.2) is 0 Å². The fourth-order valence-corrected chi connectivity index (χ4v) is 4.55. The van der Waals surface area contributed by atoms with Crippen molar-refractivity contribution in [3.63, 3.8) is 0 Å². The third-order valence-electron chi connectivity index (χ3n) is 3.33. The standard InChI is InChI=1S/C17H13BrN4O2S2/c1-9-12(8-20)16(26-14(9)17(24)22(2)3)21-15(23)10(7-19)6-11-4-5-13(18)25-11/h4-6H,1-3H3,(H,21,23). The molecule has 6 nitrogen and oxygen atoms in total. The maximum absolute atomic E-state index is 12.4. The molecule has 0 saturated carbocycles. The largest absolute Gasteiger partial charge is 0.344 e. The summed E-state index contributed by atoms with van der Waals surface area (Å²) in [4.78, 5) is 27.2. The minimum absolute atomic E-state index is 0.0882. The zero-order valence-corrected chi connectivity index (χ0v) is 17.3. The number of rotatable bonds is 4. The second-order valence-corrected chi connectivity index (χ2v) is 8.85. The van der Waals surface area contributed by atoms with Crippen LogP contribution >= 0.6 is 38.6 Å². The SMILES string of the molecule is Cc1c(C(=O)N(C)C)sc(NC(=O)C(C#N)=Cc2ccc(Br)s2)c1C#N. The molecule has 2 heterocycles. The van der Waals surface area contributed by atoms with Crippen molar-refractivity contribution in [2.45, 2.75) is 6.92 Å². The molecule has 0 atom stereocenters. The summed E-state index contributed by atoms with van der Waals surface area (Å²) in [5.41, 5.74) is 0.649. The summed E-state index contributed by atoms with van der Waals surface area (Å²) in [7, 11) is 3.23. The molecule has 26 heavy (non-hydrogen) atoms. The molecular weight excluding hydrogens is 436 g/mol. The van der Waals surface area contributed by atoms with Gasteiger partial charge in [-0.05, 0) is 46.6 Å². The Morgan fingerprint density at radius 2 is 1.96 bits per heavy atom. The highest BCUT2D eigenvalue weighted by atomic mass is 79.9. The molecule has 2 amide bonds. The number of nitrogens with zero attached hydrogens (tertiary/aromatic N) is 3. The fourth-order valence-electron chi connectivity index (χ4n) is 2.01. The van der Waals surface area contributed by atoms with Gasteiger partial charge in [-0.1, -0.05) is 0 Å². The van der Waals surface area contributed by atoms with Crippen LogP contribution in [0.5, 0.6) is 0 Å². The Morgan fingerprint density at radius 3 is 2.46 bits per heavy atom. The van der Waals surface area contributed by atoms with Gasteiger partial charge < -0.3 is 10.2 Å². The number of hydrogen-bond donors (Lipinski definition) is 1. The summed E-state index contributed by atoms with van der Waals surface area (Å²) in [6, 6.07) is 7.48. The van der Waals surface area contributed by atoms with Gasteiger partial charge >= 0.3 is 0 Å². The van der Waals surface area contributed by atoms with E-state index in [1.807, 2.05) is 18.2 Å². The molecule has 2 aromatic rings. The van der Waals surface area contributed by atoms with Crippen LogP contribution in [-0.2, 0) is 4.79 Å². The van der Waals surface area contributed by atoms with E-state index >= 15 is 0 Å². The van der Waals surface area contributed by atoms with E-state index < -0.39 is 5.91 Å². The first-order valence-corrected chi connectivity index (χ1v) is 9.64. The van der Waals surface area contributed by atoms with Crippen molar-refractivity contribution in [1.29, 1.82) is 10.5 Å². The lowest BCUT2D eigenvalue weighted by Gasteiger charge is -2.08. The number of nitrogens with one attached hydrogen (secondary N) is 1. The van der Waals surface area contributed by atoms with E-state index in [0.29, 0.717) is 10.4 Å². The number of amides is 2. The van der Waals surface area contributed by atoms with Crippen molar-refractivity contribution in [3.8, 4) is 12.1 Å². The van der Waals surface area contributed by atoms with E-state index in [4.69, 9.17) is 0 Å². The number of nitriles is 2. The molecule has 0 aliphatic carbocycles. The molecule has 0 aliphatic rings. The van der Waals surface area contributed by atoms with Gasteiger partial charge in [-0.2, -0.15) is 10.5 Å². The highest BCUT2D eigenvalue weighted by molar-refractivity contribution is 9.11. The molecule has 0 spiro atoms. The molecule has 0 aliphatic heterocycles. The van der Waals surface area contributed by atoms with E-state index in [-0.39, 0.29) is 22.0 Å². The lowest BCUT2D eigenvalue weighted by molar-refractivity contribution is -0.112. The van der Waals surface area contributed by atoms with Crippen LogP contribution < -0.4 is 5.32 Å². The molecule has 0 bridgehead atoms. The van der Waals surface area contributed by atoms with E-state index in [9.17, 15) is 20.1 Å². The van der Waals surface area contributed by atoms with E-state index in [1.54, 1.807) is 27.1 Å². The maximum atomic E-state index is 12.4. The van der Waals surface area contributed by atoms with Crippen LogP contribution in [0.3, 0.4) is 0 Å². The van der Waals surface area contributed by atoms with Crippen LogP contribution in [0.25, 0.3) is 6.08 Å². The topological polar surface area (TPSA) is 97.0 Å². The van der Waals surface area contributed by atoms with Crippen LogP contribution in [0.15, 0.2) is 21.5 Å². The van der Waals surface area contributed by atoms with Gasteiger partial charge in [-0.3, -0.25) is 9.59 Å². The highest BCUT2D eigenvalue weighted by Gasteiger charge is 2.23. The molecular formula is C17H13BrN4O2S2. The molecule has 1 N–H and O–H groups in total. The number of anilines is 1. The summed E-state index contributed by atoms with van der Waals surface area (Å²) < 4.78 is 0.883. The number of hydrogen-bond acceptors (Lipinski definition) is 6. The predicted molar refractivity (Wildman–Crippen MR) is 106 cm³/mol. The van der Waals surface area contributed by atoms with Crippen molar-refractivity contribution in [3.05, 3.63) is 42.4 Å². The van der Waals surface area contributed by atoms with Gasteiger partial charge in [0.15, 0.2) is 0 Å². The first-order valence-electron chi connectivity index (χ1n) is 7.22. The van der Waals surface area contributed by atoms with Gasteiger partial charge in [0.25, 0.3) is 11.8 Å². The molecule has 9 heteroatoms. The fraction of sp³-hybridized carbons (Fsp3) is 0.176. The van der Waals surface area contributed by atoms with Crippen LogP contribution in [0.4, 0.5) is 5.00 Å². The number of thiophene rings is 2. The molecule has 0 radical (unpaired) electrons.